The van der Waals surface area contributed by atoms with Crippen LogP contribution in [0.2, 0.25) is 0 Å². The molecular weight excluding hydrogens is 298 g/mol. The van der Waals surface area contributed by atoms with Crippen molar-refractivity contribution in [3.63, 3.8) is 0 Å². The fourth-order valence-electron chi connectivity index (χ4n) is 2.04. The third-order valence-electron chi connectivity index (χ3n) is 3.07. The molecule has 2 aromatic carbocycles. The number of nitrogens with zero attached hydrogens (tertiary/aromatic N) is 1. The Labute approximate surface area is 133 Å². The highest BCUT2D eigenvalue weighted by Gasteiger charge is 2.12. The molecule has 0 fully saturated rings. The largest absolute Gasteiger partial charge is 0.486 e. The van der Waals surface area contributed by atoms with Gasteiger partial charge in [0, 0.05) is 17.4 Å². The Morgan fingerprint density at radius 1 is 0.955 bits per heavy atom. The average Bonchev–Trinajstić information content (AvgIpc) is 2.55. The first kappa shape index (κ1) is 14.2. The van der Waals surface area contributed by atoms with Crippen LogP contribution in [0.15, 0.2) is 42.5 Å². The number of fused-ring (bicyclic) bond motifs is 1. The highest BCUT2D eigenvalue weighted by molar-refractivity contribution is 7.80. The number of rotatable bonds is 2. The van der Waals surface area contributed by atoms with E-state index in [1.54, 1.807) is 24.3 Å². The van der Waals surface area contributed by atoms with E-state index in [2.05, 4.69) is 16.7 Å². The molecule has 0 radical (unpaired) electrons. The summed E-state index contributed by atoms with van der Waals surface area (Å²) in [5.41, 5.74) is 2.24. The molecule has 22 heavy (non-hydrogen) atoms. The van der Waals surface area contributed by atoms with Crippen LogP contribution in [0.1, 0.15) is 5.56 Å². The van der Waals surface area contributed by atoms with Crippen molar-refractivity contribution in [2.45, 2.75) is 0 Å². The molecule has 5 nitrogen and oxygen atoms in total. The zero-order valence-electron chi connectivity index (χ0n) is 11.6. The molecule has 0 aliphatic carbocycles. The molecule has 0 saturated carbocycles. The fourth-order valence-corrected chi connectivity index (χ4v) is 2.28. The number of benzene rings is 2. The summed E-state index contributed by atoms with van der Waals surface area (Å²) >= 11 is 5.27. The molecule has 0 aromatic heterocycles. The van der Waals surface area contributed by atoms with Gasteiger partial charge in [0.2, 0.25) is 0 Å². The lowest BCUT2D eigenvalue weighted by Crippen LogP contribution is -2.20. The minimum Gasteiger partial charge on any atom is -0.486 e. The van der Waals surface area contributed by atoms with Crippen LogP contribution in [0.4, 0.5) is 11.4 Å². The van der Waals surface area contributed by atoms with Gasteiger partial charge in [-0.05, 0) is 48.6 Å². The van der Waals surface area contributed by atoms with Crippen LogP contribution >= 0.6 is 12.2 Å². The molecule has 0 bridgehead atoms. The van der Waals surface area contributed by atoms with Gasteiger partial charge in [-0.15, -0.1) is 0 Å². The Kier molecular flexibility index (Phi) is 4.08. The maximum absolute atomic E-state index is 8.77. The lowest BCUT2D eigenvalue weighted by Gasteiger charge is -2.19. The topological polar surface area (TPSA) is 66.3 Å². The normalized spacial score (nSPS) is 12.1. The maximum atomic E-state index is 8.77. The summed E-state index contributed by atoms with van der Waals surface area (Å²) in [4.78, 5) is 0. The smallest absolute Gasteiger partial charge is 0.175 e. The SMILES string of the molecule is N#Cc1ccc(NC(=S)Nc2ccc3c(c2)OCCO3)cc1. The Bertz CT molecular complexity index is 738. The molecule has 110 valence electrons. The van der Waals surface area contributed by atoms with E-state index in [9.17, 15) is 0 Å². The van der Waals surface area contributed by atoms with Crippen LogP contribution in [-0.2, 0) is 0 Å². The molecule has 0 atom stereocenters. The van der Waals surface area contributed by atoms with Gasteiger partial charge in [-0.1, -0.05) is 0 Å². The van der Waals surface area contributed by atoms with Gasteiger partial charge >= 0.3 is 0 Å². The van der Waals surface area contributed by atoms with Crippen molar-refractivity contribution in [2.24, 2.45) is 0 Å². The number of nitrogens with one attached hydrogen (secondary N) is 2. The standard InChI is InChI=1S/C16H13N3O2S/c17-10-11-1-3-12(4-2-11)18-16(22)19-13-5-6-14-15(9-13)21-8-7-20-14/h1-6,9H,7-8H2,(H2,18,19,22). The van der Waals surface area contributed by atoms with Crippen molar-refractivity contribution >= 4 is 28.7 Å². The van der Waals surface area contributed by atoms with Gasteiger partial charge in [-0.2, -0.15) is 5.26 Å². The van der Waals surface area contributed by atoms with E-state index in [1.807, 2.05) is 18.2 Å². The highest BCUT2D eigenvalue weighted by Crippen LogP contribution is 2.32. The van der Waals surface area contributed by atoms with Gasteiger partial charge in [-0.25, -0.2) is 0 Å². The number of nitriles is 1. The van der Waals surface area contributed by atoms with E-state index < -0.39 is 0 Å². The molecule has 0 unspecified atom stereocenters. The molecule has 0 saturated heterocycles. The van der Waals surface area contributed by atoms with E-state index in [0.29, 0.717) is 29.6 Å². The highest BCUT2D eigenvalue weighted by atomic mass is 32.1. The summed E-state index contributed by atoms with van der Waals surface area (Å²) in [7, 11) is 0. The van der Waals surface area contributed by atoms with E-state index in [-0.39, 0.29) is 0 Å². The minimum atomic E-state index is 0.460. The Morgan fingerprint density at radius 2 is 1.59 bits per heavy atom. The minimum absolute atomic E-state index is 0.460. The number of thiocarbonyl (C=S) groups is 1. The molecule has 2 aromatic rings. The number of hydrogen-bond donors (Lipinski definition) is 2. The predicted octanol–water partition coefficient (Wildman–Crippen LogP) is 3.14. The Morgan fingerprint density at radius 3 is 2.32 bits per heavy atom. The molecule has 1 heterocycles. The Hall–Kier alpha value is -2.78. The van der Waals surface area contributed by atoms with E-state index in [0.717, 1.165) is 17.1 Å². The summed E-state index contributed by atoms with van der Waals surface area (Å²) in [5.74, 6) is 1.44. The lowest BCUT2D eigenvalue weighted by molar-refractivity contribution is 0.171. The molecule has 0 spiro atoms. The maximum Gasteiger partial charge on any atom is 0.175 e. The predicted molar refractivity (Wildman–Crippen MR) is 88.4 cm³/mol. The molecular formula is C16H13N3O2S. The molecule has 1 aliphatic rings. The third kappa shape index (κ3) is 3.27. The first-order valence-electron chi connectivity index (χ1n) is 6.72. The number of hydrogen-bond acceptors (Lipinski definition) is 4. The van der Waals surface area contributed by atoms with Crippen LogP contribution in [0.25, 0.3) is 0 Å². The fraction of sp³-hybridized carbons (Fsp3) is 0.125. The van der Waals surface area contributed by atoms with Gasteiger partial charge < -0.3 is 20.1 Å². The quantitative estimate of drug-likeness (QED) is 0.831. The first-order valence-corrected chi connectivity index (χ1v) is 7.13. The van der Waals surface area contributed by atoms with Crippen LogP contribution in [0.3, 0.4) is 0 Å². The zero-order valence-corrected chi connectivity index (χ0v) is 12.4. The zero-order chi connectivity index (χ0) is 15.4. The van der Waals surface area contributed by atoms with Gasteiger partial charge in [-0.3, -0.25) is 0 Å². The molecule has 1 aliphatic heterocycles. The van der Waals surface area contributed by atoms with Crippen molar-refractivity contribution in [1.29, 1.82) is 5.26 Å². The monoisotopic (exact) mass is 311 g/mol. The second-order valence-electron chi connectivity index (χ2n) is 4.63. The van der Waals surface area contributed by atoms with Crippen LogP contribution in [0, 0.1) is 11.3 Å². The summed E-state index contributed by atoms with van der Waals surface area (Å²) in [6.07, 6.45) is 0. The van der Waals surface area contributed by atoms with Crippen molar-refractivity contribution in [3.8, 4) is 17.6 Å². The van der Waals surface area contributed by atoms with E-state index in [4.69, 9.17) is 27.0 Å². The molecule has 3 rings (SSSR count). The summed E-state index contributed by atoms with van der Waals surface area (Å²) in [6, 6.07) is 14.7. The number of ether oxygens (including phenoxy) is 2. The van der Waals surface area contributed by atoms with Crippen molar-refractivity contribution in [2.75, 3.05) is 23.8 Å². The molecule has 6 heteroatoms. The van der Waals surface area contributed by atoms with Crippen LogP contribution < -0.4 is 20.1 Å². The van der Waals surface area contributed by atoms with Crippen molar-refractivity contribution in [3.05, 3.63) is 48.0 Å². The van der Waals surface area contributed by atoms with Gasteiger partial charge in [0.25, 0.3) is 0 Å². The van der Waals surface area contributed by atoms with E-state index >= 15 is 0 Å². The second kappa shape index (κ2) is 6.33. The van der Waals surface area contributed by atoms with Crippen LogP contribution in [0.5, 0.6) is 11.5 Å². The third-order valence-corrected chi connectivity index (χ3v) is 3.28. The summed E-state index contributed by atoms with van der Waals surface area (Å²) < 4.78 is 11.0. The van der Waals surface area contributed by atoms with Gasteiger partial charge in [0.15, 0.2) is 16.6 Å². The molecule has 2 N–H and O–H groups in total. The van der Waals surface area contributed by atoms with Crippen LogP contribution in [-0.4, -0.2) is 18.3 Å². The number of anilines is 2. The molecule has 0 amide bonds. The van der Waals surface area contributed by atoms with E-state index in [1.165, 1.54) is 0 Å². The summed E-state index contributed by atoms with van der Waals surface area (Å²) in [6.45, 7) is 1.11. The average molecular weight is 311 g/mol. The Balaban J connectivity index is 1.65. The van der Waals surface area contributed by atoms with Gasteiger partial charge in [0.1, 0.15) is 13.2 Å². The van der Waals surface area contributed by atoms with Crippen molar-refractivity contribution in [1.82, 2.24) is 0 Å². The van der Waals surface area contributed by atoms with Gasteiger partial charge in [0.05, 0.1) is 11.6 Å². The van der Waals surface area contributed by atoms with Crippen molar-refractivity contribution < 1.29 is 9.47 Å². The first-order chi connectivity index (χ1) is 10.7. The lowest BCUT2D eigenvalue weighted by atomic mass is 10.2. The summed E-state index contributed by atoms with van der Waals surface area (Å²) in [5, 5.41) is 15.4. The second-order valence-corrected chi connectivity index (χ2v) is 5.03.